The van der Waals surface area contributed by atoms with Gasteiger partial charge in [0.1, 0.15) is 9.84 Å². The molecule has 2 unspecified atom stereocenters. The van der Waals surface area contributed by atoms with Crippen molar-refractivity contribution < 1.29 is 13.5 Å². The second-order valence-corrected chi connectivity index (χ2v) is 6.80. The van der Waals surface area contributed by atoms with Gasteiger partial charge in [-0.05, 0) is 32.1 Å². The number of nitrogens with one attached hydrogen (secondary N) is 1. The van der Waals surface area contributed by atoms with Crippen molar-refractivity contribution in [1.82, 2.24) is 5.32 Å². The summed E-state index contributed by atoms with van der Waals surface area (Å²) >= 11 is 0. The van der Waals surface area contributed by atoms with E-state index < -0.39 is 9.84 Å². The molecule has 0 aromatic carbocycles. The summed E-state index contributed by atoms with van der Waals surface area (Å²) in [7, 11) is -2.91. The SMILES string of the molecule is CC(CS(C)(=O)=O)NC(CCO)C1CC1. The predicted octanol–water partition coefficient (Wildman–Crippen LogP) is 0.170. The van der Waals surface area contributed by atoms with Crippen LogP contribution >= 0.6 is 0 Å². The number of aliphatic hydroxyl groups excluding tert-OH is 1. The summed E-state index contributed by atoms with van der Waals surface area (Å²) in [4.78, 5) is 0. The third-order valence-corrected chi connectivity index (χ3v) is 3.79. The van der Waals surface area contributed by atoms with E-state index in [2.05, 4.69) is 5.32 Å². The Hall–Kier alpha value is -0.130. The van der Waals surface area contributed by atoms with Gasteiger partial charge < -0.3 is 10.4 Å². The van der Waals surface area contributed by atoms with Crippen molar-refractivity contribution in [2.75, 3.05) is 18.6 Å². The zero-order valence-corrected chi connectivity index (χ0v) is 10.3. The normalized spacial score (nSPS) is 21.3. The fourth-order valence-electron chi connectivity index (χ4n) is 1.96. The standard InChI is InChI=1S/C10H21NO3S/c1-8(7-15(2,13)14)11-10(5-6-12)9-3-4-9/h8-12H,3-7H2,1-2H3. The molecule has 0 radical (unpaired) electrons. The van der Waals surface area contributed by atoms with Crippen LogP contribution in [0.1, 0.15) is 26.2 Å². The molecule has 15 heavy (non-hydrogen) atoms. The minimum Gasteiger partial charge on any atom is -0.396 e. The van der Waals surface area contributed by atoms with Crippen molar-refractivity contribution in [1.29, 1.82) is 0 Å². The zero-order valence-electron chi connectivity index (χ0n) is 9.44. The molecule has 2 atom stereocenters. The summed E-state index contributed by atoms with van der Waals surface area (Å²) < 4.78 is 22.2. The molecule has 0 heterocycles. The lowest BCUT2D eigenvalue weighted by atomic mass is 10.1. The second-order valence-electron chi connectivity index (χ2n) is 4.62. The van der Waals surface area contributed by atoms with E-state index in [1.54, 1.807) is 0 Å². The van der Waals surface area contributed by atoms with Gasteiger partial charge in [0.2, 0.25) is 0 Å². The van der Waals surface area contributed by atoms with Gasteiger partial charge in [-0.1, -0.05) is 0 Å². The first-order valence-electron chi connectivity index (χ1n) is 5.47. The summed E-state index contributed by atoms with van der Waals surface area (Å²) in [6.07, 6.45) is 4.37. The zero-order chi connectivity index (χ0) is 11.5. The van der Waals surface area contributed by atoms with E-state index in [0.29, 0.717) is 5.92 Å². The van der Waals surface area contributed by atoms with Crippen LogP contribution in [-0.4, -0.2) is 44.2 Å². The Kier molecular flexibility index (Phi) is 4.55. The lowest BCUT2D eigenvalue weighted by molar-refractivity contribution is 0.251. The Morgan fingerprint density at radius 2 is 2.07 bits per heavy atom. The maximum atomic E-state index is 11.1. The molecule has 0 amide bonds. The van der Waals surface area contributed by atoms with Crippen LogP contribution in [0.15, 0.2) is 0 Å². The first kappa shape index (κ1) is 12.9. The number of sulfone groups is 1. The van der Waals surface area contributed by atoms with Crippen LogP contribution in [0.4, 0.5) is 0 Å². The Labute approximate surface area is 92.0 Å². The number of hydrogen-bond acceptors (Lipinski definition) is 4. The van der Waals surface area contributed by atoms with Crippen LogP contribution in [0.25, 0.3) is 0 Å². The summed E-state index contributed by atoms with van der Waals surface area (Å²) in [6.45, 7) is 2.05. The van der Waals surface area contributed by atoms with Gasteiger partial charge in [0.15, 0.2) is 0 Å². The van der Waals surface area contributed by atoms with Crippen LogP contribution in [0.2, 0.25) is 0 Å². The second kappa shape index (κ2) is 5.27. The molecule has 1 fully saturated rings. The van der Waals surface area contributed by atoms with Gasteiger partial charge in [0.05, 0.1) is 5.75 Å². The van der Waals surface area contributed by atoms with E-state index in [-0.39, 0.29) is 24.4 Å². The Morgan fingerprint density at radius 3 is 2.47 bits per heavy atom. The first-order valence-corrected chi connectivity index (χ1v) is 7.53. The van der Waals surface area contributed by atoms with Crippen LogP contribution in [-0.2, 0) is 9.84 Å². The lowest BCUT2D eigenvalue weighted by Crippen LogP contribution is -2.42. The Bertz CT molecular complexity index is 285. The smallest absolute Gasteiger partial charge is 0.148 e. The molecule has 0 aromatic rings. The molecule has 1 aliphatic carbocycles. The molecule has 1 rings (SSSR count). The molecule has 0 spiro atoms. The molecule has 5 heteroatoms. The van der Waals surface area contributed by atoms with Gasteiger partial charge in [-0.3, -0.25) is 0 Å². The molecule has 1 aliphatic rings. The van der Waals surface area contributed by atoms with E-state index in [0.717, 1.165) is 6.42 Å². The van der Waals surface area contributed by atoms with E-state index >= 15 is 0 Å². The highest BCUT2D eigenvalue weighted by Gasteiger charge is 2.31. The highest BCUT2D eigenvalue weighted by molar-refractivity contribution is 7.90. The molecule has 2 N–H and O–H groups in total. The Balaban J connectivity index is 2.36. The lowest BCUT2D eigenvalue weighted by Gasteiger charge is -2.22. The molecule has 4 nitrogen and oxygen atoms in total. The third kappa shape index (κ3) is 5.49. The van der Waals surface area contributed by atoms with Crippen molar-refractivity contribution in [3.63, 3.8) is 0 Å². The van der Waals surface area contributed by atoms with Crippen molar-refractivity contribution in [2.45, 2.75) is 38.3 Å². The van der Waals surface area contributed by atoms with Crippen LogP contribution in [0.3, 0.4) is 0 Å². The highest BCUT2D eigenvalue weighted by atomic mass is 32.2. The summed E-state index contributed by atoms with van der Waals surface area (Å²) in [6, 6.07) is 0.254. The van der Waals surface area contributed by atoms with E-state index in [9.17, 15) is 8.42 Å². The average molecular weight is 235 g/mol. The molecule has 0 aliphatic heterocycles. The van der Waals surface area contributed by atoms with Gasteiger partial charge >= 0.3 is 0 Å². The fraction of sp³-hybridized carbons (Fsp3) is 1.00. The van der Waals surface area contributed by atoms with Gasteiger partial charge in [-0.25, -0.2) is 8.42 Å². The Morgan fingerprint density at radius 1 is 1.47 bits per heavy atom. The van der Waals surface area contributed by atoms with E-state index in [1.807, 2.05) is 6.92 Å². The van der Waals surface area contributed by atoms with E-state index in [1.165, 1.54) is 19.1 Å². The van der Waals surface area contributed by atoms with Crippen LogP contribution in [0.5, 0.6) is 0 Å². The van der Waals surface area contributed by atoms with Gasteiger partial charge in [-0.15, -0.1) is 0 Å². The third-order valence-electron chi connectivity index (χ3n) is 2.68. The van der Waals surface area contributed by atoms with Crippen LogP contribution < -0.4 is 5.32 Å². The van der Waals surface area contributed by atoms with Crippen molar-refractivity contribution >= 4 is 9.84 Å². The summed E-state index contributed by atoms with van der Waals surface area (Å²) in [5.74, 6) is 0.806. The molecule has 90 valence electrons. The minimum absolute atomic E-state index is 0.0304. The topological polar surface area (TPSA) is 66.4 Å². The van der Waals surface area contributed by atoms with Crippen LogP contribution in [0, 0.1) is 5.92 Å². The number of hydrogen-bond donors (Lipinski definition) is 2. The molecule has 0 bridgehead atoms. The number of rotatable bonds is 7. The van der Waals surface area contributed by atoms with Crippen molar-refractivity contribution in [3.05, 3.63) is 0 Å². The maximum absolute atomic E-state index is 11.1. The van der Waals surface area contributed by atoms with Crippen molar-refractivity contribution in [2.24, 2.45) is 5.92 Å². The fourth-order valence-corrected chi connectivity index (χ4v) is 2.96. The van der Waals surface area contributed by atoms with Crippen molar-refractivity contribution in [3.8, 4) is 0 Å². The maximum Gasteiger partial charge on any atom is 0.148 e. The highest BCUT2D eigenvalue weighted by Crippen LogP contribution is 2.34. The molecular weight excluding hydrogens is 214 g/mol. The summed E-state index contributed by atoms with van der Waals surface area (Å²) in [5, 5.41) is 12.2. The monoisotopic (exact) mass is 235 g/mol. The quantitative estimate of drug-likeness (QED) is 0.660. The molecular formula is C10H21NO3S. The summed E-state index contributed by atoms with van der Waals surface area (Å²) in [5.41, 5.74) is 0. The molecule has 0 saturated heterocycles. The van der Waals surface area contributed by atoms with Gasteiger partial charge in [-0.2, -0.15) is 0 Å². The first-order chi connectivity index (χ1) is 6.92. The molecule has 0 aromatic heterocycles. The van der Waals surface area contributed by atoms with E-state index in [4.69, 9.17) is 5.11 Å². The predicted molar refractivity (Wildman–Crippen MR) is 60.5 cm³/mol. The minimum atomic E-state index is -2.91. The van der Waals surface area contributed by atoms with Gasteiger partial charge in [0, 0.05) is 24.9 Å². The number of aliphatic hydroxyl groups is 1. The largest absolute Gasteiger partial charge is 0.396 e. The van der Waals surface area contributed by atoms with Gasteiger partial charge in [0.25, 0.3) is 0 Å². The molecule has 1 saturated carbocycles. The average Bonchev–Trinajstić information content (AvgIpc) is 2.81.